The Morgan fingerprint density at radius 1 is 1.47 bits per heavy atom. The summed E-state index contributed by atoms with van der Waals surface area (Å²) in [7, 11) is 1.79. The Bertz CT molecular complexity index is 192. The molecule has 1 N–H and O–H groups in total. The number of likely N-dealkylation sites (N-methyl/N-ethyl adjacent to an activating group) is 1. The zero-order valence-corrected chi connectivity index (χ0v) is 10.0. The van der Waals surface area contributed by atoms with Crippen LogP contribution in [0.2, 0.25) is 0 Å². The van der Waals surface area contributed by atoms with Crippen molar-refractivity contribution < 1.29 is 4.74 Å². The summed E-state index contributed by atoms with van der Waals surface area (Å²) in [6.45, 7) is 6.54. The van der Waals surface area contributed by atoms with Gasteiger partial charge in [0.2, 0.25) is 0 Å². The molecule has 3 atom stereocenters. The van der Waals surface area contributed by atoms with Gasteiger partial charge in [0.25, 0.3) is 0 Å². The molecule has 1 heterocycles. The molecule has 1 aliphatic heterocycles. The number of piperidine rings is 1. The molecule has 3 nitrogen and oxygen atoms in total. The molecule has 15 heavy (non-hydrogen) atoms. The zero-order chi connectivity index (χ0) is 10.7. The number of hydrogen-bond acceptors (Lipinski definition) is 3. The molecule has 0 aromatic carbocycles. The molecule has 0 aromatic heterocycles. The molecule has 1 saturated carbocycles. The lowest BCUT2D eigenvalue weighted by molar-refractivity contribution is 0.125. The smallest absolute Gasteiger partial charge is 0.0628 e. The van der Waals surface area contributed by atoms with Crippen molar-refractivity contribution in [2.75, 3.05) is 33.4 Å². The molecule has 0 aromatic rings. The fraction of sp³-hybridized carbons (Fsp3) is 1.00. The molecule has 0 spiro atoms. The Kier molecular flexibility index (Phi) is 4.00. The van der Waals surface area contributed by atoms with Crippen LogP contribution in [0, 0.1) is 5.92 Å². The van der Waals surface area contributed by atoms with E-state index in [1.165, 1.54) is 32.4 Å². The number of methoxy groups -OCH3 is 1. The van der Waals surface area contributed by atoms with Gasteiger partial charge in [-0.1, -0.05) is 6.92 Å². The van der Waals surface area contributed by atoms with Gasteiger partial charge in [0.1, 0.15) is 0 Å². The van der Waals surface area contributed by atoms with Crippen LogP contribution in [-0.4, -0.2) is 50.3 Å². The average molecular weight is 212 g/mol. The summed E-state index contributed by atoms with van der Waals surface area (Å²) in [5, 5.41) is 3.50. The Labute approximate surface area is 93.2 Å². The summed E-state index contributed by atoms with van der Waals surface area (Å²) >= 11 is 0. The summed E-state index contributed by atoms with van der Waals surface area (Å²) in [5.41, 5.74) is 0. The van der Waals surface area contributed by atoms with E-state index in [0.29, 0.717) is 6.04 Å². The van der Waals surface area contributed by atoms with Crippen LogP contribution in [0.3, 0.4) is 0 Å². The summed E-state index contributed by atoms with van der Waals surface area (Å²) in [5.74, 6) is 1.000. The van der Waals surface area contributed by atoms with Crippen molar-refractivity contribution in [1.82, 2.24) is 10.2 Å². The van der Waals surface area contributed by atoms with E-state index >= 15 is 0 Å². The van der Waals surface area contributed by atoms with Crippen LogP contribution in [-0.2, 0) is 4.74 Å². The molecule has 1 saturated heterocycles. The highest BCUT2D eigenvalue weighted by Crippen LogP contribution is 2.37. The molecular formula is C12H24N2O. The summed E-state index contributed by atoms with van der Waals surface area (Å²) in [6.07, 6.45) is 4.35. The Hall–Kier alpha value is -0.120. The van der Waals surface area contributed by atoms with Gasteiger partial charge >= 0.3 is 0 Å². The fourth-order valence-electron chi connectivity index (χ4n) is 3.20. The molecule has 1 aliphatic carbocycles. The number of nitrogens with zero attached hydrogens (tertiary/aromatic N) is 1. The summed E-state index contributed by atoms with van der Waals surface area (Å²) < 4.78 is 5.26. The number of nitrogens with one attached hydrogen (secondary N) is 1. The van der Waals surface area contributed by atoms with Crippen molar-refractivity contribution in [1.29, 1.82) is 0 Å². The van der Waals surface area contributed by atoms with Gasteiger partial charge in [-0.25, -0.2) is 0 Å². The van der Waals surface area contributed by atoms with E-state index in [2.05, 4.69) is 17.1 Å². The van der Waals surface area contributed by atoms with Crippen molar-refractivity contribution in [3.05, 3.63) is 0 Å². The number of rotatable bonds is 6. The minimum atomic E-state index is 0.513. The van der Waals surface area contributed by atoms with Crippen molar-refractivity contribution in [2.45, 2.75) is 38.3 Å². The van der Waals surface area contributed by atoms with Crippen molar-refractivity contribution in [3.63, 3.8) is 0 Å². The third-order valence-corrected chi connectivity index (χ3v) is 3.84. The van der Waals surface area contributed by atoms with Crippen molar-refractivity contribution in [2.24, 2.45) is 5.92 Å². The lowest BCUT2D eigenvalue weighted by Gasteiger charge is -2.30. The zero-order valence-electron chi connectivity index (χ0n) is 10.0. The second kappa shape index (κ2) is 5.28. The lowest BCUT2D eigenvalue weighted by Crippen LogP contribution is -2.46. The SMILES string of the molecule is CCNC(COC)CN1CC2CCC1C2. The van der Waals surface area contributed by atoms with Gasteiger partial charge in [-0.2, -0.15) is 0 Å². The van der Waals surface area contributed by atoms with E-state index in [1.807, 2.05) is 0 Å². The summed E-state index contributed by atoms with van der Waals surface area (Å²) in [6, 6.07) is 1.40. The molecule has 3 heteroatoms. The highest BCUT2D eigenvalue weighted by atomic mass is 16.5. The van der Waals surface area contributed by atoms with Crippen LogP contribution >= 0.6 is 0 Å². The van der Waals surface area contributed by atoms with Gasteiger partial charge in [0.15, 0.2) is 0 Å². The normalized spacial score (nSPS) is 32.4. The Balaban J connectivity index is 1.78. The minimum absolute atomic E-state index is 0.513. The molecule has 2 bridgehead atoms. The van der Waals surface area contributed by atoms with E-state index in [4.69, 9.17) is 4.74 Å². The van der Waals surface area contributed by atoms with Crippen LogP contribution in [0.1, 0.15) is 26.2 Å². The van der Waals surface area contributed by atoms with Crippen molar-refractivity contribution >= 4 is 0 Å². The van der Waals surface area contributed by atoms with E-state index < -0.39 is 0 Å². The highest BCUT2D eigenvalue weighted by Gasteiger charge is 2.38. The molecule has 2 rings (SSSR count). The molecule has 0 radical (unpaired) electrons. The van der Waals surface area contributed by atoms with Crippen LogP contribution in [0.25, 0.3) is 0 Å². The standard InChI is InChI=1S/C12H24N2O/c1-3-13-11(9-15-2)8-14-7-10-4-5-12(14)6-10/h10-13H,3-9H2,1-2H3. The molecule has 2 aliphatic rings. The first-order valence-electron chi connectivity index (χ1n) is 6.29. The monoisotopic (exact) mass is 212 g/mol. The number of fused-ring (bicyclic) bond motifs is 2. The largest absolute Gasteiger partial charge is 0.383 e. The van der Waals surface area contributed by atoms with E-state index in [9.17, 15) is 0 Å². The van der Waals surface area contributed by atoms with Crippen molar-refractivity contribution in [3.8, 4) is 0 Å². The molecule has 0 amide bonds. The number of likely N-dealkylation sites (tertiary alicyclic amines) is 1. The molecule has 3 unspecified atom stereocenters. The highest BCUT2D eigenvalue weighted by molar-refractivity contribution is 4.93. The topological polar surface area (TPSA) is 24.5 Å². The maximum absolute atomic E-state index is 5.26. The van der Waals surface area contributed by atoms with Crippen LogP contribution in [0.4, 0.5) is 0 Å². The second-order valence-electron chi connectivity index (χ2n) is 5.00. The van der Waals surface area contributed by atoms with Crippen LogP contribution in [0.15, 0.2) is 0 Å². The van der Waals surface area contributed by atoms with Gasteiger partial charge in [0, 0.05) is 32.3 Å². The summed E-state index contributed by atoms with van der Waals surface area (Å²) in [4.78, 5) is 2.67. The Morgan fingerprint density at radius 2 is 2.33 bits per heavy atom. The van der Waals surface area contributed by atoms with E-state index in [0.717, 1.165) is 25.1 Å². The van der Waals surface area contributed by atoms with Gasteiger partial charge in [-0.3, -0.25) is 4.90 Å². The fourth-order valence-corrected chi connectivity index (χ4v) is 3.20. The Morgan fingerprint density at radius 3 is 2.87 bits per heavy atom. The third-order valence-electron chi connectivity index (χ3n) is 3.84. The van der Waals surface area contributed by atoms with Crippen LogP contribution < -0.4 is 5.32 Å². The van der Waals surface area contributed by atoms with E-state index in [-0.39, 0.29) is 0 Å². The first-order valence-corrected chi connectivity index (χ1v) is 6.29. The molecule has 88 valence electrons. The van der Waals surface area contributed by atoms with E-state index in [1.54, 1.807) is 7.11 Å². The predicted molar refractivity (Wildman–Crippen MR) is 62.0 cm³/mol. The number of hydrogen-bond donors (Lipinski definition) is 1. The van der Waals surface area contributed by atoms with Crippen LogP contribution in [0.5, 0.6) is 0 Å². The predicted octanol–water partition coefficient (Wildman–Crippen LogP) is 1.10. The maximum atomic E-state index is 5.26. The first kappa shape index (κ1) is 11.4. The van der Waals surface area contributed by atoms with Gasteiger partial charge < -0.3 is 10.1 Å². The van der Waals surface area contributed by atoms with Gasteiger partial charge in [0.05, 0.1) is 6.61 Å². The first-order chi connectivity index (χ1) is 7.33. The molecular weight excluding hydrogens is 188 g/mol. The van der Waals surface area contributed by atoms with Gasteiger partial charge in [-0.05, 0) is 31.7 Å². The minimum Gasteiger partial charge on any atom is -0.383 e. The number of ether oxygens (including phenoxy) is 1. The second-order valence-corrected chi connectivity index (χ2v) is 5.00. The molecule has 2 fully saturated rings. The maximum Gasteiger partial charge on any atom is 0.0628 e. The third kappa shape index (κ3) is 2.71. The lowest BCUT2D eigenvalue weighted by atomic mass is 10.1. The average Bonchev–Trinajstić information content (AvgIpc) is 2.80. The quantitative estimate of drug-likeness (QED) is 0.713. The van der Waals surface area contributed by atoms with Gasteiger partial charge in [-0.15, -0.1) is 0 Å².